The lowest BCUT2D eigenvalue weighted by Gasteiger charge is -2.19. The second-order valence-electron chi connectivity index (χ2n) is 8.48. The first-order chi connectivity index (χ1) is 14.3. The first kappa shape index (κ1) is 20.5. The number of hydrogen-bond acceptors (Lipinski definition) is 5. The van der Waals surface area contributed by atoms with E-state index in [0.717, 1.165) is 28.6 Å². The van der Waals surface area contributed by atoms with Gasteiger partial charge in [-0.05, 0) is 30.9 Å². The summed E-state index contributed by atoms with van der Waals surface area (Å²) in [6.07, 6.45) is 0. The topological polar surface area (TPSA) is 60.7 Å². The summed E-state index contributed by atoms with van der Waals surface area (Å²) in [5, 5.41) is 10.0. The third-order valence-electron chi connectivity index (χ3n) is 5.36. The number of ketones is 1. The number of aromatic nitrogens is 4. The minimum atomic E-state index is -0.302. The van der Waals surface area contributed by atoms with Crippen molar-refractivity contribution in [2.75, 3.05) is 0 Å². The fourth-order valence-electron chi connectivity index (χ4n) is 3.64. The molecule has 0 amide bonds. The molecule has 0 bridgehead atoms. The molecule has 2 aromatic carbocycles. The Bertz CT molecular complexity index is 1220. The van der Waals surface area contributed by atoms with Crippen molar-refractivity contribution in [2.45, 2.75) is 57.0 Å². The molecular weight excluding hydrogens is 392 g/mol. The van der Waals surface area contributed by atoms with E-state index < -0.39 is 0 Å². The van der Waals surface area contributed by atoms with Gasteiger partial charge >= 0.3 is 0 Å². The summed E-state index contributed by atoms with van der Waals surface area (Å²) in [6.45, 7) is 11.3. The van der Waals surface area contributed by atoms with Gasteiger partial charge in [0.25, 0.3) is 0 Å². The van der Waals surface area contributed by atoms with Gasteiger partial charge in [-0.1, -0.05) is 75.0 Å². The van der Waals surface area contributed by atoms with Crippen LogP contribution in [-0.2, 0) is 12.0 Å². The van der Waals surface area contributed by atoms with Gasteiger partial charge in [0.05, 0.1) is 10.8 Å². The highest BCUT2D eigenvalue weighted by Gasteiger charge is 2.21. The Hall–Kier alpha value is -2.73. The zero-order valence-corrected chi connectivity index (χ0v) is 18.8. The van der Waals surface area contributed by atoms with Crippen molar-refractivity contribution >= 4 is 39.6 Å². The van der Waals surface area contributed by atoms with Gasteiger partial charge < -0.3 is 4.57 Å². The number of aryl methyl sites for hydroxylation is 1. The second kappa shape index (κ2) is 7.84. The molecule has 154 valence electrons. The number of Topliss-reactive ketones (excluding diaryl/α,β-unsaturated/α-hetero) is 1. The largest absolute Gasteiger partial charge is 0.324 e. The molecule has 0 saturated heterocycles. The second-order valence-corrected chi connectivity index (χ2v) is 9.79. The maximum absolute atomic E-state index is 12.9. The van der Waals surface area contributed by atoms with Crippen LogP contribution in [0.2, 0.25) is 0 Å². The number of carbonyl (C=O) groups excluding carboxylic acids is 1. The van der Waals surface area contributed by atoms with Crippen LogP contribution in [0.25, 0.3) is 22.1 Å². The van der Waals surface area contributed by atoms with Crippen molar-refractivity contribution in [3.8, 4) is 0 Å². The molecule has 2 aromatic heterocycles. The third kappa shape index (κ3) is 3.72. The summed E-state index contributed by atoms with van der Waals surface area (Å²) in [7, 11) is 0. The highest BCUT2D eigenvalue weighted by atomic mass is 32.2. The molecule has 1 atom stereocenters. The molecule has 6 heteroatoms. The number of benzene rings is 2. The van der Waals surface area contributed by atoms with Gasteiger partial charge in [-0.15, -0.1) is 10.2 Å². The van der Waals surface area contributed by atoms with E-state index in [9.17, 15) is 4.79 Å². The molecule has 0 radical (unpaired) electrons. The molecule has 0 aliphatic rings. The Morgan fingerprint density at radius 1 is 1.07 bits per heavy atom. The van der Waals surface area contributed by atoms with Crippen molar-refractivity contribution in [1.29, 1.82) is 0 Å². The molecule has 0 unspecified atom stereocenters. The lowest BCUT2D eigenvalue weighted by atomic mass is 9.86. The minimum Gasteiger partial charge on any atom is -0.324 e. The fraction of sp³-hybridized carbons (Fsp3) is 0.333. The van der Waals surface area contributed by atoms with Crippen LogP contribution in [0.4, 0.5) is 0 Å². The summed E-state index contributed by atoms with van der Waals surface area (Å²) >= 11 is 1.35. The molecule has 30 heavy (non-hydrogen) atoms. The minimum absolute atomic E-state index is 0.0641. The number of hydrogen-bond donors (Lipinski definition) is 0. The van der Waals surface area contributed by atoms with E-state index >= 15 is 0 Å². The molecule has 0 aliphatic heterocycles. The van der Waals surface area contributed by atoms with Crippen molar-refractivity contribution in [2.24, 2.45) is 0 Å². The van der Waals surface area contributed by atoms with Crippen molar-refractivity contribution in [3.63, 3.8) is 0 Å². The highest BCUT2D eigenvalue weighted by Crippen LogP contribution is 2.29. The summed E-state index contributed by atoms with van der Waals surface area (Å²) in [5.41, 5.74) is 4.69. The first-order valence-electron chi connectivity index (χ1n) is 10.2. The average Bonchev–Trinajstić information content (AvgIpc) is 3.05. The molecule has 0 saturated carbocycles. The van der Waals surface area contributed by atoms with E-state index in [2.05, 4.69) is 48.5 Å². The summed E-state index contributed by atoms with van der Waals surface area (Å²) < 4.78 is 2.14. The van der Waals surface area contributed by atoms with Crippen LogP contribution in [0.15, 0.2) is 53.7 Å². The quantitative estimate of drug-likeness (QED) is 0.309. The number of fused-ring (bicyclic) bond motifs is 3. The van der Waals surface area contributed by atoms with E-state index in [4.69, 9.17) is 4.98 Å². The Labute approximate surface area is 180 Å². The molecule has 4 aromatic rings. The first-order valence-corrected chi connectivity index (χ1v) is 11.1. The maximum atomic E-state index is 12.9. The van der Waals surface area contributed by atoms with Gasteiger partial charge in [0.1, 0.15) is 5.52 Å². The predicted octanol–water partition coefficient (Wildman–Crippen LogP) is 5.66. The van der Waals surface area contributed by atoms with Crippen molar-refractivity contribution < 1.29 is 4.79 Å². The standard InChI is InChI=1S/C24H26N4OS/c1-6-28-19-10-8-7-9-18(19)20-22(28)25-23(27-26-20)30-15(2)21(29)16-11-13-17(14-12-16)24(3,4)5/h7-15H,6H2,1-5H3/t15-/m0/s1. The summed E-state index contributed by atoms with van der Waals surface area (Å²) in [4.78, 5) is 17.7. The van der Waals surface area contributed by atoms with E-state index in [0.29, 0.717) is 10.7 Å². The Morgan fingerprint density at radius 2 is 1.77 bits per heavy atom. The van der Waals surface area contributed by atoms with Crippen molar-refractivity contribution in [1.82, 2.24) is 19.7 Å². The summed E-state index contributed by atoms with van der Waals surface area (Å²) in [5.74, 6) is 0.0696. The van der Waals surface area contributed by atoms with Gasteiger partial charge in [0, 0.05) is 17.5 Å². The van der Waals surface area contributed by atoms with E-state index in [-0.39, 0.29) is 16.4 Å². The van der Waals surface area contributed by atoms with E-state index in [1.165, 1.54) is 17.3 Å². The van der Waals surface area contributed by atoms with Crippen LogP contribution < -0.4 is 0 Å². The smallest absolute Gasteiger partial charge is 0.211 e. The van der Waals surface area contributed by atoms with Gasteiger partial charge in [0.2, 0.25) is 5.16 Å². The SMILES string of the molecule is CCn1c2ccccc2c2nnc(S[C@@H](C)C(=O)c3ccc(C(C)(C)C)cc3)nc21. The summed E-state index contributed by atoms with van der Waals surface area (Å²) in [6, 6.07) is 16.0. The third-order valence-corrected chi connectivity index (χ3v) is 6.31. The molecule has 0 N–H and O–H groups in total. The molecule has 0 spiro atoms. The maximum Gasteiger partial charge on any atom is 0.211 e. The van der Waals surface area contributed by atoms with E-state index in [1.54, 1.807) is 0 Å². The van der Waals surface area contributed by atoms with Crippen LogP contribution in [0.5, 0.6) is 0 Å². The lowest BCUT2D eigenvalue weighted by Crippen LogP contribution is -2.16. The molecule has 0 aliphatic carbocycles. The van der Waals surface area contributed by atoms with Crippen LogP contribution in [0.3, 0.4) is 0 Å². The average molecular weight is 419 g/mol. The Balaban J connectivity index is 1.60. The van der Waals surface area contributed by atoms with E-state index in [1.807, 2.05) is 49.4 Å². The number of rotatable bonds is 5. The van der Waals surface area contributed by atoms with Gasteiger partial charge in [-0.2, -0.15) is 0 Å². The van der Waals surface area contributed by atoms with Crippen LogP contribution in [-0.4, -0.2) is 30.8 Å². The van der Waals surface area contributed by atoms with Gasteiger partial charge in [-0.3, -0.25) is 4.79 Å². The molecule has 0 fully saturated rings. The van der Waals surface area contributed by atoms with Crippen LogP contribution in [0, 0.1) is 0 Å². The Kier molecular flexibility index (Phi) is 5.36. The number of carbonyl (C=O) groups is 1. The normalized spacial score (nSPS) is 13.1. The van der Waals surface area contributed by atoms with Gasteiger partial charge in [0.15, 0.2) is 11.4 Å². The molecule has 4 rings (SSSR count). The zero-order chi connectivity index (χ0) is 21.5. The predicted molar refractivity (Wildman–Crippen MR) is 123 cm³/mol. The zero-order valence-electron chi connectivity index (χ0n) is 18.0. The molecule has 2 heterocycles. The molecular formula is C24H26N4OS. The number of nitrogens with zero attached hydrogens (tertiary/aromatic N) is 4. The van der Waals surface area contributed by atoms with Crippen molar-refractivity contribution in [3.05, 3.63) is 59.7 Å². The lowest BCUT2D eigenvalue weighted by molar-refractivity contribution is 0.0994. The Morgan fingerprint density at radius 3 is 2.43 bits per heavy atom. The number of thioether (sulfide) groups is 1. The fourth-order valence-corrected chi connectivity index (χ4v) is 4.43. The highest BCUT2D eigenvalue weighted by molar-refractivity contribution is 8.00. The van der Waals surface area contributed by atoms with Crippen LogP contribution in [0.1, 0.15) is 50.5 Å². The monoisotopic (exact) mass is 418 g/mol. The molecule has 5 nitrogen and oxygen atoms in total. The van der Waals surface area contributed by atoms with Gasteiger partial charge in [-0.25, -0.2) is 4.98 Å². The van der Waals surface area contributed by atoms with Crippen LogP contribution >= 0.6 is 11.8 Å². The number of para-hydroxylation sites is 1.